The molecule has 0 amide bonds. The zero-order valence-corrected chi connectivity index (χ0v) is 9.68. The standard InChI is InChI=1S/C12H13N3O2/c1-15-7-9(6-14-15)10-4-3-8(5-11(10)13)12(16)17-2/h3-7H,13H2,1-2H3. The zero-order chi connectivity index (χ0) is 12.4. The fraction of sp³-hybridized carbons (Fsp3) is 0.167. The summed E-state index contributed by atoms with van der Waals surface area (Å²) in [5, 5.41) is 4.08. The maximum atomic E-state index is 11.3. The number of benzene rings is 1. The van der Waals surface area contributed by atoms with Gasteiger partial charge in [-0.15, -0.1) is 0 Å². The molecule has 0 aliphatic heterocycles. The molecule has 1 heterocycles. The number of carbonyl (C=O) groups excluding carboxylic acids is 1. The minimum Gasteiger partial charge on any atom is -0.465 e. The molecule has 88 valence electrons. The number of aryl methyl sites for hydroxylation is 1. The van der Waals surface area contributed by atoms with Crippen LogP contribution >= 0.6 is 0 Å². The van der Waals surface area contributed by atoms with Crippen molar-refractivity contribution >= 4 is 11.7 Å². The van der Waals surface area contributed by atoms with Crippen molar-refractivity contribution in [3.63, 3.8) is 0 Å². The van der Waals surface area contributed by atoms with Crippen LogP contribution in [0, 0.1) is 0 Å². The molecular formula is C12H13N3O2. The molecule has 0 saturated carbocycles. The Hall–Kier alpha value is -2.30. The molecular weight excluding hydrogens is 218 g/mol. The highest BCUT2D eigenvalue weighted by Crippen LogP contribution is 2.26. The molecule has 2 aromatic rings. The number of nitrogens with zero attached hydrogens (tertiary/aromatic N) is 2. The van der Waals surface area contributed by atoms with E-state index in [1.54, 1.807) is 29.1 Å². The van der Waals surface area contributed by atoms with Gasteiger partial charge >= 0.3 is 5.97 Å². The quantitative estimate of drug-likeness (QED) is 0.627. The van der Waals surface area contributed by atoms with Gasteiger partial charge in [0, 0.05) is 30.1 Å². The summed E-state index contributed by atoms with van der Waals surface area (Å²) < 4.78 is 6.33. The molecule has 0 spiro atoms. The van der Waals surface area contributed by atoms with Crippen LogP contribution in [0.5, 0.6) is 0 Å². The summed E-state index contributed by atoms with van der Waals surface area (Å²) in [4.78, 5) is 11.3. The van der Waals surface area contributed by atoms with Gasteiger partial charge in [0.2, 0.25) is 0 Å². The maximum absolute atomic E-state index is 11.3. The SMILES string of the molecule is COC(=O)c1ccc(-c2cnn(C)c2)c(N)c1. The Morgan fingerprint density at radius 1 is 1.47 bits per heavy atom. The molecule has 0 aliphatic rings. The van der Waals surface area contributed by atoms with Crippen LogP contribution in [-0.4, -0.2) is 22.9 Å². The zero-order valence-electron chi connectivity index (χ0n) is 9.68. The largest absolute Gasteiger partial charge is 0.465 e. The number of ether oxygens (including phenoxy) is 1. The number of methoxy groups -OCH3 is 1. The predicted octanol–water partition coefficient (Wildman–Crippen LogP) is 1.46. The first-order chi connectivity index (χ1) is 8.11. The third-order valence-corrected chi connectivity index (χ3v) is 2.49. The average Bonchev–Trinajstić information content (AvgIpc) is 2.74. The number of aromatic nitrogens is 2. The molecule has 0 bridgehead atoms. The van der Waals surface area contributed by atoms with Gasteiger partial charge < -0.3 is 10.5 Å². The number of carbonyl (C=O) groups is 1. The number of rotatable bonds is 2. The summed E-state index contributed by atoms with van der Waals surface area (Å²) in [6.07, 6.45) is 3.59. The van der Waals surface area contributed by atoms with E-state index in [1.807, 2.05) is 13.2 Å². The molecule has 1 aromatic carbocycles. The monoisotopic (exact) mass is 231 g/mol. The predicted molar refractivity (Wildman–Crippen MR) is 64.4 cm³/mol. The van der Waals surface area contributed by atoms with E-state index in [1.165, 1.54) is 7.11 Å². The number of nitrogens with two attached hydrogens (primary N) is 1. The molecule has 0 atom stereocenters. The highest BCUT2D eigenvalue weighted by atomic mass is 16.5. The highest BCUT2D eigenvalue weighted by molar-refractivity contribution is 5.92. The molecule has 1 aromatic heterocycles. The van der Waals surface area contributed by atoms with Gasteiger partial charge in [0.15, 0.2) is 0 Å². The second-order valence-electron chi connectivity index (χ2n) is 3.70. The number of esters is 1. The number of hydrogen-bond donors (Lipinski definition) is 1. The second kappa shape index (κ2) is 4.29. The van der Waals surface area contributed by atoms with Crippen LogP contribution in [0.25, 0.3) is 11.1 Å². The molecule has 0 unspecified atom stereocenters. The van der Waals surface area contributed by atoms with Crippen LogP contribution in [0.15, 0.2) is 30.6 Å². The van der Waals surface area contributed by atoms with Gasteiger partial charge in [-0.3, -0.25) is 4.68 Å². The third-order valence-electron chi connectivity index (χ3n) is 2.49. The van der Waals surface area contributed by atoms with Crippen molar-refractivity contribution in [2.75, 3.05) is 12.8 Å². The van der Waals surface area contributed by atoms with Crippen LogP contribution < -0.4 is 5.73 Å². The lowest BCUT2D eigenvalue weighted by molar-refractivity contribution is 0.0601. The fourth-order valence-corrected chi connectivity index (χ4v) is 1.63. The summed E-state index contributed by atoms with van der Waals surface area (Å²) >= 11 is 0. The van der Waals surface area contributed by atoms with E-state index in [0.29, 0.717) is 11.3 Å². The van der Waals surface area contributed by atoms with Crippen molar-refractivity contribution < 1.29 is 9.53 Å². The lowest BCUT2D eigenvalue weighted by Crippen LogP contribution is -2.02. The Balaban J connectivity index is 2.41. The van der Waals surface area contributed by atoms with Gasteiger partial charge in [-0.1, -0.05) is 6.07 Å². The number of anilines is 1. The third kappa shape index (κ3) is 2.13. The molecule has 0 radical (unpaired) electrons. The molecule has 0 fully saturated rings. The first-order valence-corrected chi connectivity index (χ1v) is 5.08. The summed E-state index contributed by atoms with van der Waals surface area (Å²) in [5.74, 6) is -0.394. The topological polar surface area (TPSA) is 70.1 Å². The van der Waals surface area contributed by atoms with Gasteiger partial charge in [-0.05, 0) is 12.1 Å². The molecule has 0 saturated heterocycles. The van der Waals surface area contributed by atoms with Crippen LogP contribution in [0.2, 0.25) is 0 Å². The van der Waals surface area contributed by atoms with Crippen molar-refractivity contribution in [3.05, 3.63) is 36.2 Å². The minimum absolute atomic E-state index is 0.394. The smallest absolute Gasteiger partial charge is 0.337 e. The maximum Gasteiger partial charge on any atom is 0.337 e. The van der Waals surface area contributed by atoms with E-state index in [0.717, 1.165) is 11.1 Å². The van der Waals surface area contributed by atoms with Gasteiger partial charge in [-0.2, -0.15) is 5.10 Å². The van der Waals surface area contributed by atoms with E-state index in [2.05, 4.69) is 9.84 Å². The van der Waals surface area contributed by atoms with E-state index in [-0.39, 0.29) is 0 Å². The molecule has 5 nitrogen and oxygen atoms in total. The second-order valence-corrected chi connectivity index (χ2v) is 3.70. The van der Waals surface area contributed by atoms with E-state index in [9.17, 15) is 4.79 Å². The summed E-state index contributed by atoms with van der Waals surface area (Å²) in [5.41, 5.74) is 8.65. The van der Waals surface area contributed by atoms with E-state index < -0.39 is 5.97 Å². The Morgan fingerprint density at radius 3 is 2.76 bits per heavy atom. The molecule has 2 N–H and O–H groups in total. The van der Waals surface area contributed by atoms with Gasteiger partial charge in [-0.25, -0.2) is 4.79 Å². The van der Waals surface area contributed by atoms with E-state index >= 15 is 0 Å². The number of hydrogen-bond acceptors (Lipinski definition) is 4. The molecule has 0 aliphatic carbocycles. The highest BCUT2D eigenvalue weighted by Gasteiger charge is 2.10. The molecule has 2 rings (SSSR count). The molecule has 5 heteroatoms. The Morgan fingerprint density at radius 2 is 2.24 bits per heavy atom. The average molecular weight is 231 g/mol. The normalized spacial score (nSPS) is 10.2. The fourth-order valence-electron chi connectivity index (χ4n) is 1.63. The minimum atomic E-state index is -0.394. The van der Waals surface area contributed by atoms with Crippen molar-refractivity contribution in [3.8, 4) is 11.1 Å². The van der Waals surface area contributed by atoms with Crippen LogP contribution in [0.3, 0.4) is 0 Å². The van der Waals surface area contributed by atoms with E-state index in [4.69, 9.17) is 5.73 Å². The van der Waals surface area contributed by atoms with Crippen molar-refractivity contribution in [2.45, 2.75) is 0 Å². The lowest BCUT2D eigenvalue weighted by atomic mass is 10.0. The van der Waals surface area contributed by atoms with Gasteiger partial charge in [0.05, 0.1) is 18.9 Å². The Kier molecular flexibility index (Phi) is 2.82. The van der Waals surface area contributed by atoms with Crippen molar-refractivity contribution in [2.24, 2.45) is 7.05 Å². The number of nitrogen functional groups attached to an aromatic ring is 1. The van der Waals surface area contributed by atoms with Crippen LogP contribution in [0.1, 0.15) is 10.4 Å². The first kappa shape index (κ1) is 11.2. The molecule has 17 heavy (non-hydrogen) atoms. The van der Waals surface area contributed by atoms with Crippen LogP contribution in [-0.2, 0) is 11.8 Å². The van der Waals surface area contributed by atoms with Crippen LogP contribution in [0.4, 0.5) is 5.69 Å². The van der Waals surface area contributed by atoms with Crippen molar-refractivity contribution in [1.82, 2.24) is 9.78 Å². The summed E-state index contributed by atoms with van der Waals surface area (Å²) in [7, 11) is 3.18. The van der Waals surface area contributed by atoms with Gasteiger partial charge in [0.1, 0.15) is 0 Å². The summed E-state index contributed by atoms with van der Waals surface area (Å²) in [6, 6.07) is 5.08. The summed E-state index contributed by atoms with van der Waals surface area (Å²) in [6.45, 7) is 0. The van der Waals surface area contributed by atoms with Gasteiger partial charge in [0.25, 0.3) is 0 Å². The Labute approximate surface area is 98.8 Å². The first-order valence-electron chi connectivity index (χ1n) is 5.08. The van der Waals surface area contributed by atoms with Crippen molar-refractivity contribution in [1.29, 1.82) is 0 Å². The lowest BCUT2D eigenvalue weighted by Gasteiger charge is -2.05. The Bertz CT molecular complexity index is 561.